The molecule has 0 bridgehead atoms. The molecule has 1 aromatic rings. The van der Waals surface area contributed by atoms with Crippen molar-refractivity contribution in [2.45, 2.75) is 23.9 Å². The topological polar surface area (TPSA) is 0 Å². The summed E-state index contributed by atoms with van der Waals surface area (Å²) in [4.78, 5) is 0. The zero-order valence-corrected chi connectivity index (χ0v) is 10.9. The lowest BCUT2D eigenvalue weighted by molar-refractivity contribution is -0.389. The lowest BCUT2D eigenvalue weighted by Crippen LogP contribution is -2.59. The van der Waals surface area contributed by atoms with Crippen LogP contribution >= 0.6 is 23.2 Å². The highest BCUT2D eigenvalue weighted by Crippen LogP contribution is 2.58. The second-order valence-corrected chi connectivity index (χ2v) is 4.76. The normalized spacial score (nSPS) is 16.7. The Bertz CT molecular complexity index is 514. The minimum atomic E-state index is -6.79. The van der Waals surface area contributed by atoms with E-state index in [-0.39, 0.29) is 12.1 Å². The maximum absolute atomic E-state index is 14.0. The molecule has 1 unspecified atom stereocenters. The molecule has 11 heteroatoms. The van der Waals surface area contributed by atoms with Gasteiger partial charge in [0, 0.05) is 15.6 Å². The van der Waals surface area contributed by atoms with E-state index in [9.17, 15) is 39.5 Å². The second kappa shape index (κ2) is 5.12. The Kier molecular flexibility index (Phi) is 4.44. The molecule has 0 nitrogen and oxygen atoms in total. The van der Waals surface area contributed by atoms with Gasteiger partial charge in [-0.15, -0.1) is 0 Å². The molecular formula is C10H3Cl2F9. The molecule has 0 heterocycles. The van der Waals surface area contributed by atoms with Gasteiger partial charge < -0.3 is 0 Å². The van der Waals surface area contributed by atoms with Gasteiger partial charge in [-0.1, -0.05) is 23.2 Å². The van der Waals surface area contributed by atoms with E-state index >= 15 is 0 Å². The fraction of sp³-hybridized carbons (Fsp3) is 0.400. The summed E-state index contributed by atoms with van der Waals surface area (Å²) >= 11 is 10.5. The molecule has 0 spiro atoms. The Hall–Kier alpha value is -0.830. The molecule has 0 aliphatic heterocycles. The maximum Gasteiger partial charge on any atom is 0.457 e. The van der Waals surface area contributed by atoms with Crippen molar-refractivity contribution < 1.29 is 39.5 Å². The van der Waals surface area contributed by atoms with Gasteiger partial charge in [0.2, 0.25) is 0 Å². The van der Waals surface area contributed by atoms with Gasteiger partial charge >= 0.3 is 23.9 Å². The Morgan fingerprint density at radius 3 is 1.29 bits per heavy atom. The number of benzene rings is 1. The van der Waals surface area contributed by atoms with Gasteiger partial charge in [-0.25, -0.2) is 4.39 Å². The molecule has 0 aliphatic rings. The summed E-state index contributed by atoms with van der Waals surface area (Å²) in [5.41, 5.74) is -8.08. The van der Waals surface area contributed by atoms with Crippen LogP contribution in [0.3, 0.4) is 0 Å². The van der Waals surface area contributed by atoms with Gasteiger partial charge in [-0.05, 0) is 18.2 Å². The number of hydrogen-bond donors (Lipinski definition) is 0. The molecule has 0 aromatic heterocycles. The highest BCUT2D eigenvalue weighted by molar-refractivity contribution is 6.34. The molecular weight excluding hydrogens is 362 g/mol. The molecule has 120 valence electrons. The van der Waals surface area contributed by atoms with Crippen LogP contribution in [0.5, 0.6) is 0 Å². The van der Waals surface area contributed by atoms with E-state index in [2.05, 4.69) is 0 Å². The summed E-state index contributed by atoms with van der Waals surface area (Å²) in [6, 6.07) is 0.746. The second-order valence-electron chi connectivity index (χ2n) is 3.89. The lowest BCUT2D eigenvalue weighted by Gasteiger charge is -2.36. The van der Waals surface area contributed by atoms with Crippen molar-refractivity contribution in [3.63, 3.8) is 0 Å². The molecule has 0 fully saturated rings. The number of rotatable bonds is 2. The molecule has 1 aromatic carbocycles. The van der Waals surface area contributed by atoms with Crippen LogP contribution < -0.4 is 0 Å². The van der Waals surface area contributed by atoms with Gasteiger partial charge in [0.15, 0.2) is 0 Å². The van der Waals surface area contributed by atoms with E-state index in [1.165, 1.54) is 0 Å². The zero-order chi connectivity index (χ0) is 16.9. The van der Waals surface area contributed by atoms with Crippen molar-refractivity contribution >= 4 is 23.2 Å². The van der Waals surface area contributed by atoms with Crippen LogP contribution in [0.2, 0.25) is 10.0 Å². The predicted octanol–water partition coefficient (Wildman–Crippen LogP) is 5.92. The average Bonchev–Trinajstić information content (AvgIpc) is 2.22. The monoisotopic (exact) mass is 364 g/mol. The minimum absolute atomic E-state index is 0.000571. The first kappa shape index (κ1) is 18.2. The van der Waals surface area contributed by atoms with Gasteiger partial charge in [-0.2, -0.15) is 35.1 Å². The van der Waals surface area contributed by atoms with Crippen molar-refractivity contribution in [2.75, 3.05) is 0 Å². The standard InChI is InChI=1S/C10H3Cl2F9/c11-5-1-4(2-6(12)3-5)7(13,9(16,17)18)8(14,15)10(19,20)21/h1-3H. The van der Waals surface area contributed by atoms with E-state index in [1.54, 1.807) is 0 Å². The highest BCUT2D eigenvalue weighted by atomic mass is 35.5. The third kappa shape index (κ3) is 2.90. The van der Waals surface area contributed by atoms with E-state index in [0.29, 0.717) is 0 Å². The number of alkyl halides is 9. The molecule has 1 rings (SSSR count). The Balaban J connectivity index is 3.71. The number of halogens is 11. The van der Waals surface area contributed by atoms with Crippen LogP contribution in [0.15, 0.2) is 18.2 Å². The molecule has 0 saturated heterocycles. The third-order valence-electron chi connectivity index (χ3n) is 2.44. The summed E-state index contributed by atoms with van der Waals surface area (Å²) < 4.78 is 115. The van der Waals surface area contributed by atoms with Crippen molar-refractivity contribution in [1.29, 1.82) is 0 Å². The van der Waals surface area contributed by atoms with E-state index < -0.39 is 39.6 Å². The van der Waals surface area contributed by atoms with Crippen LogP contribution in [0, 0.1) is 0 Å². The molecule has 0 N–H and O–H groups in total. The lowest BCUT2D eigenvalue weighted by atomic mass is 9.87. The van der Waals surface area contributed by atoms with Crippen molar-refractivity contribution in [2.24, 2.45) is 0 Å². The van der Waals surface area contributed by atoms with Gasteiger partial charge in [0.1, 0.15) is 0 Å². The van der Waals surface area contributed by atoms with E-state index in [4.69, 9.17) is 23.2 Å². The molecule has 0 saturated carbocycles. The molecule has 1 atom stereocenters. The average molecular weight is 365 g/mol. The SMILES string of the molecule is FC(F)(F)C(F)(F)C(F)(c1cc(Cl)cc(Cl)c1)C(F)(F)F. The van der Waals surface area contributed by atoms with Gasteiger partial charge in [-0.3, -0.25) is 0 Å². The van der Waals surface area contributed by atoms with E-state index in [1.807, 2.05) is 0 Å². The molecule has 0 radical (unpaired) electrons. The first-order valence-electron chi connectivity index (χ1n) is 4.81. The molecule has 0 aliphatic carbocycles. The number of hydrogen-bond acceptors (Lipinski definition) is 0. The summed E-state index contributed by atoms with van der Waals surface area (Å²) in [5, 5.41) is -1.47. The minimum Gasteiger partial charge on any atom is -0.221 e. The summed E-state index contributed by atoms with van der Waals surface area (Å²) in [6.45, 7) is 0. The molecule has 0 amide bonds. The fourth-order valence-corrected chi connectivity index (χ4v) is 2.00. The first-order chi connectivity index (χ1) is 9.14. The fourth-order valence-electron chi connectivity index (χ4n) is 1.47. The predicted molar refractivity (Wildman–Crippen MR) is 56.3 cm³/mol. The maximum atomic E-state index is 14.0. The summed E-state index contributed by atoms with van der Waals surface area (Å²) in [5.74, 6) is -6.74. The van der Waals surface area contributed by atoms with Crippen LogP contribution in [-0.2, 0) is 5.67 Å². The largest absolute Gasteiger partial charge is 0.457 e. The highest BCUT2D eigenvalue weighted by Gasteiger charge is 2.81. The summed E-state index contributed by atoms with van der Waals surface area (Å²) in [6.07, 6.45) is -13.4. The summed E-state index contributed by atoms with van der Waals surface area (Å²) in [7, 11) is 0. The Morgan fingerprint density at radius 1 is 0.619 bits per heavy atom. The van der Waals surface area contributed by atoms with E-state index in [0.717, 1.165) is 6.07 Å². The van der Waals surface area contributed by atoms with Crippen molar-refractivity contribution in [3.05, 3.63) is 33.8 Å². The van der Waals surface area contributed by atoms with Crippen LogP contribution in [0.4, 0.5) is 39.5 Å². The van der Waals surface area contributed by atoms with Crippen molar-refractivity contribution in [3.8, 4) is 0 Å². The van der Waals surface area contributed by atoms with Gasteiger partial charge in [0.25, 0.3) is 0 Å². The van der Waals surface area contributed by atoms with Crippen LogP contribution in [0.25, 0.3) is 0 Å². The first-order valence-corrected chi connectivity index (χ1v) is 5.57. The third-order valence-corrected chi connectivity index (χ3v) is 2.88. The zero-order valence-electron chi connectivity index (χ0n) is 9.39. The van der Waals surface area contributed by atoms with Gasteiger partial charge in [0.05, 0.1) is 0 Å². The van der Waals surface area contributed by atoms with Crippen LogP contribution in [0.1, 0.15) is 5.56 Å². The molecule has 21 heavy (non-hydrogen) atoms. The Morgan fingerprint density at radius 2 is 1.00 bits per heavy atom. The van der Waals surface area contributed by atoms with Crippen molar-refractivity contribution in [1.82, 2.24) is 0 Å². The van der Waals surface area contributed by atoms with Crippen LogP contribution in [-0.4, -0.2) is 18.3 Å². The Labute approximate surface area is 121 Å². The quantitative estimate of drug-likeness (QED) is 0.571. The smallest absolute Gasteiger partial charge is 0.221 e.